The summed E-state index contributed by atoms with van der Waals surface area (Å²) in [5.74, 6) is 2.94. The van der Waals surface area contributed by atoms with Crippen LogP contribution in [0.5, 0.6) is 0 Å². The number of allylic oxidation sites excluding steroid dienone is 1. The van der Waals surface area contributed by atoms with Gasteiger partial charge in [-0.2, -0.15) is 0 Å². The standard InChI is InChI=1S/C26H47N3O3/c1-25-10-9-22-20(21(25)8-6-19(25)17-28-32-14-12-29(3)4)7-5-18-15-24(31-13-11-27)23(30)16-26(18,22)2/h17-18,20-24,28,30H,5-16,27H2,1-4H3/t18?,20-,21-,22+,23?,24?,25+,26-/m0/s1. The number of hydrogen-bond donors (Lipinski definition) is 3. The Hall–Kier alpha value is -0.660. The second kappa shape index (κ2) is 9.91. The molecule has 8 atom stereocenters. The van der Waals surface area contributed by atoms with Crippen molar-refractivity contribution in [1.82, 2.24) is 10.4 Å². The van der Waals surface area contributed by atoms with Gasteiger partial charge in [-0.25, -0.2) is 0 Å². The summed E-state index contributed by atoms with van der Waals surface area (Å²) < 4.78 is 5.94. The maximum Gasteiger partial charge on any atom is 0.0872 e. The summed E-state index contributed by atoms with van der Waals surface area (Å²) in [6.07, 6.45) is 11.3. The third kappa shape index (κ3) is 4.50. The van der Waals surface area contributed by atoms with Crippen LogP contribution in [0.15, 0.2) is 11.8 Å². The molecule has 4 aliphatic rings. The summed E-state index contributed by atoms with van der Waals surface area (Å²) in [5.41, 5.74) is 10.9. The van der Waals surface area contributed by atoms with Crippen LogP contribution in [0.2, 0.25) is 0 Å². The summed E-state index contributed by atoms with van der Waals surface area (Å²) in [6, 6.07) is 0. The van der Waals surface area contributed by atoms with E-state index in [0.29, 0.717) is 31.1 Å². The van der Waals surface area contributed by atoms with Gasteiger partial charge < -0.3 is 20.5 Å². The Kier molecular flexibility index (Phi) is 7.58. The van der Waals surface area contributed by atoms with Crippen molar-refractivity contribution in [3.8, 4) is 0 Å². The van der Waals surface area contributed by atoms with E-state index in [0.717, 1.165) is 37.1 Å². The average Bonchev–Trinajstić information content (AvgIpc) is 3.08. The average molecular weight is 450 g/mol. The van der Waals surface area contributed by atoms with Gasteiger partial charge in [0.1, 0.15) is 0 Å². The zero-order valence-electron chi connectivity index (χ0n) is 20.8. The maximum absolute atomic E-state index is 10.9. The first-order valence-electron chi connectivity index (χ1n) is 13.0. The van der Waals surface area contributed by atoms with Crippen LogP contribution in [-0.2, 0) is 9.57 Å². The quantitative estimate of drug-likeness (QED) is 0.390. The minimum absolute atomic E-state index is 0.0263. The molecule has 0 aliphatic heterocycles. The van der Waals surface area contributed by atoms with Crippen LogP contribution in [0.4, 0.5) is 0 Å². The third-order valence-electron chi connectivity index (χ3n) is 9.91. The fourth-order valence-electron chi connectivity index (χ4n) is 8.14. The molecule has 0 radical (unpaired) electrons. The SMILES string of the molecule is CN(C)CCONC=C1CC[C@H]2[C@@H]3CCC4CC(OCCN)C(O)C[C@]4(C)[C@@H]3CC[C@]12C. The lowest BCUT2D eigenvalue weighted by Crippen LogP contribution is -2.56. The Morgan fingerprint density at radius 2 is 1.97 bits per heavy atom. The molecule has 3 unspecified atom stereocenters. The summed E-state index contributed by atoms with van der Waals surface area (Å²) in [6.45, 7) is 7.70. The van der Waals surface area contributed by atoms with Gasteiger partial charge in [-0.05, 0) is 106 Å². The number of rotatable bonds is 8. The molecule has 0 aromatic rings. The van der Waals surface area contributed by atoms with Crippen LogP contribution in [-0.4, -0.2) is 62.6 Å². The Labute approximate surface area is 195 Å². The van der Waals surface area contributed by atoms with Gasteiger partial charge in [0.2, 0.25) is 0 Å². The lowest BCUT2D eigenvalue weighted by molar-refractivity contribution is -0.165. The van der Waals surface area contributed by atoms with E-state index in [-0.39, 0.29) is 17.6 Å². The summed E-state index contributed by atoms with van der Waals surface area (Å²) in [4.78, 5) is 7.79. The predicted molar refractivity (Wildman–Crippen MR) is 128 cm³/mol. The van der Waals surface area contributed by atoms with Crippen LogP contribution >= 0.6 is 0 Å². The normalized spacial score (nSPS) is 44.9. The highest BCUT2D eigenvalue weighted by molar-refractivity contribution is 5.23. The molecule has 184 valence electrons. The summed E-state index contributed by atoms with van der Waals surface area (Å²) in [5, 5.41) is 10.9. The van der Waals surface area contributed by atoms with Gasteiger partial charge in [0.05, 0.1) is 25.4 Å². The van der Waals surface area contributed by atoms with E-state index in [1.165, 1.54) is 38.5 Å². The van der Waals surface area contributed by atoms with Gasteiger partial charge in [-0.3, -0.25) is 10.3 Å². The number of nitrogens with two attached hydrogens (primary N) is 1. The van der Waals surface area contributed by atoms with Gasteiger partial charge in [0, 0.05) is 19.3 Å². The van der Waals surface area contributed by atoms with Crippen molar-refractivity contribution >= 4 is 0 Å². The zero-order valence-corrected chi connectivity index (χ0v) is 20.8. The Balaban J connectivity index is 1.42. The molecular weight excluding hydrogens is 402 g/mol. The van der Waals surface area contributed by atoms with Crippen molar-refractivity contribution in [2.45, 2.75) is 77.4 Å². The molecule has 0 aromatic carbocycles. The smallest absolute Gasteiger partial charge is 0.0872 e. The minimum atomic E-state index is -0.350. The fourth-order valence-corrected chi connectivity index (χ4v) is 8.14. The topological polar surface area (TPSA) is 80.0 Å². The summed E-state index contributed by atoms with van der Waals surface area (Å²) in [7, 11) is 4.13. The van der Waals surface area contributed by atoms with Gasteiger partial charge in [-0.15, -0.1) is 0 Å². The first-order chi connectivity index (χ1) is 15.3. The van der Waals surface area contributed by atoms with Crippen LogP contribution < -0.4 is 11.2 Å². The fraction of sp³-hybridized carbons (Fsp3) is 0.923. The van der Waals surface area contributed by atoms with E-state index in [1.807, 2.05) is 0 Å². The number of hydroxylamine groups is 1. The number of aliphatic hydroxyl groups excluding tert-OH is 1. The Bertz CT molecular complexity index is 671. The van der Waals surface area contributed by atoms with E-state index in [9.17, 15) is 5.11 Å². The molecule has 4 fully saturated rings. The number of nitrogens with zero attached hydrogens (tertiary/aromatic N) is 1. The molecule has 4 rings (SSSR count). The molecular formula is C26H47N3O3. The first kappa shape index (κ1) is 24.5. The van der Waals surface area contributed by atoms with Gasteiger partial charge in [-0.1, -0.05) is 13.8 Å². The van der Waals surface area contributed by atoms with E-state index < -0.39 is 0 Å². The van der Waals surface area contributed by atoms with E-state index in [2.05, 4.69) is 44.5 Å². The second-order valence-electron chi connectivity index (χ2n) is 11.8. The maximum atomic E-state index is 10.9. The molecule has 4 aliphatic carbocycles. The van der Waals surface area contributed by atoms with Crippen LogP contribution in [0.3, 0.4) is 0 Å². The van der Waals surface area contributed by atoms with Crippen LogP contribution in [0.25, 0.3) is 0 Å². The minimum Gasteiger partial charge on any atom is -0.390 e. The predicted octanol–water partition coefficient (Wildman–Crippen LogP) is 3.31. The largest absolute Gasteiger partial charge is 0.390 e. The number of hydrogen-bond acceptors (Lipinski definition) is 6. The lowest BCUT2D eigenvalue weighted by Gasteiger charge is -2.61. The number of likely N-dealkylation sites (N-methyl/N-ethyl adjacent to an activating group) is 1. The van der Waals surface area contributed by atoms with Crippen molar-refractivity contribution < 1.29 is 14.7 Å². The van der Waals surface area contributed by atoms with Crippen molar-refractivity contribution in [2.75, 3.05) is 40.4 Å². The monoisotopic (exact) mass is 449 g/mol. The van der Waals surface area contributed by atoms with Crippen LogP contribution in [0.1, 0.15) is 65.2 Å². The molecule has 4 N–H and O–H groups in total. The molecule has 4 saturated carbocycles. The highest BCUT2D eigenvalue weighted by Gasteiger charge is 2.60. The molecule has 0 aromatic heterocycles. The zero-order chi connectivity index (χ0) is 22.9. The Morgan fingerprint density at radius 3 is 2.72 bits per heavy atom. The van der Waals surface area contributed by atoms with Gasteiger partial charge in [0.15, 0.2) is 0 Å². The number of aliphatic hydroxyl groups is 1. The Morgan fingerprint density at radius 1 is 1.16 bits per heavy atom. The second-order valence-corrected chi connectivity index (χ2v) is 11.8. The number of nitrogens with one attached hydrogen (secondary N) is 1. The van der Waals surface area contributed by atoms with E-state index in [4.69, 9.17) is 15.3 Å². The first-order valence-corrected chi connectivity index (χ1v) is 13.0. The molecule has 6 nitrogen and oxygen atoms in total. The number of ether oxygens (including phenoxy) is 1. The van der Waals surface area contributed by atoms with E-state index in [1.54, 1.807) is 5.57 Å². The molecule has 6 heteroatoms. The molecule has 0 amide bonds. The van der Waals surface area contributed by atoms with Crippen LogP contribution in [0, 0.1) is 34.5 Å². The van der Waals surface area contributed by atoms with Crippen molar-refractivity contribution in [1.29, 1.82) is 0 Å². The number of fused-ring (bicyclic) bond motifs is 5. The molecule has 0 bridgehead atoms. The lowest BCUT2D eigenvalue weighted by atomic mass is 9.45. The van der Waals surface area contributed by atoms with E-state index >= 15 is 0 Å². The van der Waals surface area contributed by atoms with Crippen molar-refractivity contribution in [3.63, 3.8) is 0 Å². The molecule has 0 heterocycles. The highest BCUT2D eigenvalue weighted by Crippen LogP contribution is 2.67. The highest BCUT2D eigenvalue weighted by atomic mass is 16.6. The summed E-state index contributed by atoms with van der Waals surface area (Å²) >= 11 is 0. The van der Waals surface area contributed by atoms with Gasteiger partial charge >= 0.3 is 0 Å². The molecule has 0 spiro atoms. The van der Waals surface area contributed by atoms with Crippen molar-refractivity contribution in [3.05, 3.63) is 11.8 Å². The van der Waals surface area contributed by atoms with Crippen molar-refractivity contribution in [2.24, 2.45) is 40.2 Å². The molecule has 0 saturated heterocycles. The molecule has 32 heavy (non-hydrogen) atoms. The van der Waals surface area contributed by atoms with Gasteiger partial charge in [0.25, 0.3) is 0 Å². The third-order valence-corrected chi connectivity index (χ3v) is 9.91.